The molecule has 0 bridgehead atoms. The van der Waals surface area contributed by atoms with Gasteiger partial charge in [-0.25, -0.2) is 8.42 Å². The number of rotatable bonds is 13. The zero-order chi connectivity index (χ0) is 32.0. The summed E-state index contributed by atoms with van der Waals surface area (Å²) in [6.45, 7) is 8.02. The molecule has 0 amide bonds. The highest BCUT2D eigenvalue weighted by Gasteiger charge is 2.51. The molecule has 4 rings (SSSR count). The summed E-state index contributed by atoms with van der Waals surface area (Å²) in [6.07, 6.45) is 3.38. The van der Waals surface area contributed by atoms with Crippen molar-refractivity contribution >= 4 is 34.6 Å². The van der Waals surface area contributed by atoms with Gasteiger partial charge in [0, 0.05) is 5.56 Å². The number of benzene rings is 3. The summed E-state index contributed by atoms with van der Waals surface area (Å²) in [7, 11) is -6.67. The van der Waals surface area contributed by atoms with Gasteiger partial charge in [-0.3, -0.25) is 0 Å². The van der Waals surface area contributed by atoms with Gasteiger partial charge in [-0.2, -0.15) is 0 Å². The third-order valence-electron chi connectivity index (χ3n) is 8.57. The van der Waals surface area contributed by atoms with Crippen LogP contribution in [0, 0.1) is 0 Å². The Morgan fingerprint density at radius 2 is 1.52 bits per heavy atom. The highest BCUT2D eigenvalue weighted by atomic mass is 32.2. The van der Waals surface area contributed by atoms with Crippen LogP contribution in [0.4, 0.5) is 0 Å². The molecule has 3 N–H and O–H groups in total. The van der Waals surface area contributed by atoms with Crippen LogP contribution in [0.15, 0.2) is 102 Å². The number of hydrogen-bond acceptors (Lipinski definition) is 6. The van der Waals surface area contributed by atoms with Crippen molar-refractivity contribution in [3.63, 3.8) is 0 Å². The molecule has 8 heteroatoms. The third-order valence-corrected chi connectivity index (χ3v) is 15.6. The standard InChI is InChI=1S/C36H46O6SSi/c1-5-14-27(23-28-15-12-13-20-32(28)38)21-22-33(39)35-29(26-43(40,41)34(35)24-37)25-42-44(36(2,3)4,30-16-8-6-9-17-30)31-18-10-7-11-19-31/h6-13,15-20,23,33-34,37-39H,5,14,21-22,24-26H2,1-4H3/b27-23+/t33-,34+/m1/s1. The number of aliphatic hydroxyl groups excluding tert-OH is 2. The molecule has 1 heterocycles. The predicted molar refractivity (Wildman–Crippen MR) is 181 cm³/mol. The molecule has 1 aliphatic rings. The van der Waals surface area contributed by atoms with Gasteiger partial charge in [0.25, 0.3) is 8.32 Å². The number of phenolic OH excluding ortho intramolecular Hbond substituents is 1. The Balaban J connectivity index is 1.70. The van der Waals surface area contributed by atoms with Crippen LogP contribution in [-0.4, -0.2) is 62.4 Å². The minimum absolute atomic E-state index is 0.0466. The van der Waals surface area contributed by atoms with Crippen molar-refractivity contribution in [2.75, 3.05) is 19.0 Å². The van der Waals surface area contributed by atoms with Crippen LogP contribution in [0.3, 0.4) is 0 Å². The van der Waals surface area contributed by atoms with Crippen molar-refractivity contribution < 1.29 is 28.2 Å². The molecule has 44 heavy (non-hydrogen) atoms. The second kappa shape index (κ2) is 14.4. The fourth-order valence-corrected chi connectivity index (χ4v) is 12.9. The maximum Gasteiger partial charge on any atom is 0.261 e. The molecule has 2 atom stereocenters. The molecule has 0 radical (unpaired) electrons. The summed E-state index contributed by atoms with van der Waals surface area (Å²) < 4.78 is 33.7. The van der Waals surface area contributed by atoms with Gasteiger partial charge < -0.3 is 19.7 Å². The van der Waals surface area contributed by atoms with Crippen LogP contribution in [0.2, 0.25) is 5.04 Å². The Hall–Kier alpha value is -3.01. The fourth-order valence-electron chi connectivity index (χ4n) is 6.49. The average Bonchev–Trinajstić information content (AvgIpc) is 3.26. The smallest absolute Gasteiger partial charge is 0.261 e. The second-order valence-electron chi connectivity index (χ2n) is 12.7. The quantitative estimate of drug-likeness (QED) is 0.172. The number of aromatic hydroxyl groups is 1. The van der Waals surface area contributed by atoms with E-state index < -0.39 is 36.1 Å². The van der Waals surface area contributed by atoms with Crippen molar-refractivity contribution in [2.45, 2.75) is 69.8 Å². The van der Waals surface area contributed by atoms with E-state index in [9.17, 15) is 23.7 Å². The van der Waals surface area contributed by atoms with E-state index in [1.807, 2.05) is 54.6 Å². The minimum atomic E-state index is -3.71. The molecule has 0 spiro atoms. The molecular weight excluding hydrogens is 589 g/mol. The van der Waals surface area contributed by atoms with E-state index >= 15 is 0 Å². The Kier molecular flexibility index (Phi) is 11.1. The first-order chi connectivity index (χ1) is 20.9. The minimum Gasteiger partial charge on any atom is -0.507 e. The molecule has 0 aromatic heterocycles. The van der Waals surface area contributed by atoms with E-state index in [1.165, 1.54) is 0 Å². The van der Waals surface area contributed by atoms with E-state index in [1.54, 1.807) is 12.1 Å². The van der Waals surface area contributed by atoms with Gasteiger partial charge in [0.2, 0.25) is 0 Å². The lowest BCUT2D eigenvalue weighted by Crippen LogP contribution is -2.66. The van der Waals surface area contributed by atoms with Crippen molar-refractivity contribution in [3.8, 4) is 5.75 Å². The van der Waals surface area contributed by atoms with Gasteiger partial charge in [-0.15, -0.1) is 0 Å². The highest BCUT2D eigenvalue weighted by Crippen LogP contribution is 2.39. The largest absolute Gasteiger partial charge is 0.507 e. The van der Waals surface area contributed by atoms with Crippen molar-refractivity contribution in [1.29, 1.82) is 0 Å². The third kappa shape index (κ3) is 7.27. The number of phenols is 1. The lowest BCUT2D eigenvalue weighted by Gasteiger charge is -2.43. The average molecular weight is 635 g/mol. The summed E-state index contributed by atoms with van der Waals surface area (Å²) in [4.78, 5) is 0. The first-order valence-corrected chi connectivity index (χ1v) is 19.0. The summed E-state index contributed by atoms with van der Waals surface area (Å²) in [5.41, 5.74) is 2.66. The van der Waals surface area contributed by atoms with Gasteiger partial charge in [-0.05, 0) is 51.9 Å². The van der Waals surface area contributed by atoms with Crippen LogP contribution in [0.5, 0.6) is 5.75 Å². The Labute approximate surface area is 263 Å². The van der Waals surface area contributed by atoms with Crippen LogP contribution in [0.1, 0.15) is 58.9 Å². The predicted octanol–water partition coefficient (Wildman–Crippen LogP) is 5.38. The van der Waals surface area contributed by atoms with Crippen molar-refractivity contribution in [1.82, 2.24) is 0 Å². The van der Waals surface area contributed by atoms with Gasteiger partial charge >= 0.3 is 0 Å². The molecule has 0 aliphatic carbocycles. The Morgan fingerprint density at radius 1 is 0.955 bits per heavy atom. The van der Waals surface area contributed by atoms with Crippen LogP contribution in [0.25, 0.3) is 6.08 Å². The van der Waals surface area contributed by atoms with E-state index in [0.717, 1.165) is 28.8 Å². The lowest BCUT2D eigenvalue weighted by molar-refractivity contribution is 0.186. The SMILES string of the molecule is CCC/C(=C\c1ccccc1O)CC[C@@H](O)C1=C(CO[Si](c2ccccc2)(c2ccccc2)C(C)(C)C)CS(=O)(=O)[C@H]1CO. The van der Waals surface area contributed by atoms with Gasteiger partial charge in [-0.1, -0.05) is 125 Å². The fraction of sp³-hybridized carbons (Fsp3) is 0.389. The number of hydrogen-bond donors (Lipinski definition) is 3. The first-order valence-electron chi connectivity index (χ1n) is 15.4. The van der Waals surface area contributed by atoms with E-state index in [2.05, 4.69) is 52.0 Å². The molecule has 0 saturated carbocycles. The highest BCUT2D eigenvalue weighted by molar-refractivity contribution is 7.92. The van der Waals surface area contributed by atoms with Crippen LogP contribution in [-0.2, 0) is 14.3 Å². The Bertz CT molecular complexity index is 1520. The molecule has 0 saturated heterocycles. The summed E-state index contributed by atoms with van der Waals surface area (Å²) in [5.74, 6) is -0.0624. The molecule has 236 valence electrons. The molecule has 3 aromatic rings. The van der Waals surface area contributed by atoms with E-state index in [4.69, 9.17) is 4.43 Å². The molecule has 6 nitrogen and oxygen atoms in total. The maximum atomic E-state index is 13.3. The van der Waals surface area contributed by atoms with Gasteiger partial charge in [0.1, 0.15) is 11.0 Å². The second-order valence-corrected chi connectivity index (χ2v) is 19.1. The zero-order valence-electron chi connectivity index (χ0n) is 26.2. The van der Waals surface area contributed by atoms with Crippen LogP contribution < -0.4 is 10.4 Å². The Morgan fingerprint density at radius 3 is 2.05 bits per heavy atom. The summed E-state index contributed by atoms with van der Waals surface area (Å²) in [5, 5.41) is 32.8. The molecule has 1 aliphatic heterocycles. The molecule has 0 fully saturated rings. The molecular formula is C36H46O6SSi. The summed E-state index contributed by atoms with van der Waals surface area (Å²) in [6, 6.07) is 27.4. The van der Waals surface area contributed by atoms with E-state index in [0.29, 0.717) is 29.6 Å². The lowest BCUT2D eigenvalue weighted by atomic mass is 9.93. The summed E-state index contributed by atoms with van der Waals surface area (Å²) >= 11 is 0. The number of sulfone groups is 1. The topological polar surface area (TPSA) is 104 Å². The van der Waals surface area contributed by atoms with E-state index in [-0.39, 0.29) is 23.1 Å². The molecule has 0 unspecified atom stereocenters. The van der Waals surface area contributed by atoms with Crippen molar-refractivity contribution in [2.24, 2.45) is 0 Å². The molecule has 3 aromatic carbocycles. The normalized spacial score (nSPS) is 18.0. The monoisotopic (exact) mass is 634 g/mol. The van der Waals surface area contributed by atoms with Gasteiger partial charge in [0.05, 0.1) is 25.1 Å². The first kappa shape index (κ1) is 33.9. The maximum absolute atomic E-state index is 13.3. The zero-order valence-corrected chi connectivity index (χ0v) is 28.1. The number of aliphatic hydroxyl groups is 2. The number of para-hydroxylation sites is 1. The number of allylic oxidation sites excluding steroid dienone is 1. The van der Waals surface area contributed by atoms with Gasteiger partial charge in [0.15, 0.2) is 9.84 Å². The van der Waals surface area contributed by atoms with Crippen molar-refractivity contribution in [3.05, 3.63) is 107 Å². The van der Waals surface area contributed by atoms with Crippen LogP contribution >= 0.6 is 0 Å².